The van der Waals surface area contributed by atoms with Crippen LogP contribution in [-0.4, -0.2) is 12.7 Å². The minimum absolute atomic E-state index is 0.250. The largest absolute Gasteiger partial charge is 0.494 e. The Bertz CT molecular complexity index is 347. The fourth-order valence-electron chi connectivity index (χ4n) is 1.16. The second kappa shape index (κ2) is 5.27. The van der Waals surface area contributed by atoms with Crippen LogP contribution in [0.5, 0.6) is 5.75 Å². The lowest BCUT2D eigenvalue weighted by atomic mass is 10.2. The highest BCUT2D eigenvalue weighted by Gasteiger charge is 2.10. The first-order valence-corrected chi connectivity index (χ1v) is 5.15. The van der Waals surface area contributed by atoms with E-state index in [1.807, 2.05) is 20.8 Å². The molecule has 1 aromatic rings. The van der Waals surface area contributed by atoms with Crippen molar-refractivity contribution in [2.24, 2.45) is 0 Å². The number of halogens is 1. The van der Waals surface area contributed by atoms with Crippen molar-refractivity contribution in [2.75, 3.05) is 7.11 Å². The SMILES string of the molecule is COc1ccc(CNOC(C)(C)C)cc1F. The Morgan fingerprint density at radius 3 is 2.50 bits per heavy atom. The highest BCUT2D eigenvalue weighted by atomic mass is 19.1. The van der Waals surface area contributed by atoms with Crippen molar-refractivity contribution in [1.29, 1.82) is 0 Å². The van der Waals surface area contributed by atoms with Crippen molar-refractivity contribution in [3.63, 3.8) is 0 Å². The molecule has 0 spiro atoms. The van der Waals surface area contributed by atoms with Gasteiger partial charge in [-0.1, -0.05) is 6.07 Å². The lowest BCUT2D eigenvalue weighted by Crippen LogP contribution is -2.28. The van der Waals surface area contributed by atoms with Gasteiger partial charge in [-0.2, -0.15) is 5.48 Å². The zero-order chi connectivity index (χ0) is 12.2. The molecule has 0 saturated carbocycles. The van der Waals surface area contributed by atoms with Crippen LogP contribution in [0.25, 0.3) is 0 Å². The summed E-state index contributed by atoms with van der Waals surface area (Å²) >= 11 is 0. The molecule has 0 aliphatic carbocycles. The predicted octanol–water partition coefficient (Wildman–Crippen LogP) is 2.65. The minimum atomic E-state index is -0.363. The summed E-state index contributed by atoms with van der Waals surface area (Å²) in [4.78, 5) is 5.33. The molecule has 1 N–H and O–H groups in total. The van der Waals surface area contributed by atoms with Gasteiger partial charge in [0.2, 0.25) is 0 Å². The predicted molar refractivity (Wildman–Crippen MR) is 60.6 cm³/mol. The molecule has 0 aliphatic heterocycles. The molecule has 1 aromatic carbocycles. The normalized spacial score (nSPS) is 11.6. The van der Waals surface area contributed by atoms with Crippen molar-refractivity contribution in [3.05, 3.63) is 29.6 Å². The second-order valence-corrected chi connectivity index (χ2v) is 4.50. The van der Waals surface area contributed by atoms with Gasteiger partial charge < -0.3 is 4.74 Å². The van der Waals surface area contributed by atoms with E-state index in [-0.39, 0.29) is 17.2 Å². The van der Waals surface area contributed by atoms with E-state index in [0.717, 1.165) is 5.56 Å². The fourth-order valence-corrected chi connectivity index (χ4v) is 1.16. The molecule has 4 heteroatoms. The van der Waals surface area contributed by atoms with Gasteiger partial charge >= 0.3 is 0 Å². The summed E-state index contributed by atoms with van der Waals surface area (Å²) in [5, 5.41) is 0. The molecule has 16 heavy (non-hydrogen) atoms. The van der Waals surface area contributed by atoms with Gasteiger partial charge in [-0.05, 0) is 38.5 Å². The van der Waals surface area contributed by atoms with Gasteiger partial charge in [0.05, 0.1) is 12.7 Å². The Morgan fingerprint density at radius 1 is 1.31 bits per heavy atom. The van der Waals surface area contributed by atoms with Crippen LogP contribution in [-0.2, 0) is 11.4 Å². The van der Waals surface area contributed by atoms with Crippen molar-refractivity contribution >= 4 is 0 Å². The maximum Gasteiger partial charge on any atom is 0.165 e. The van der Waals surface area contributed by atoms with E-state index in [1.54, 1.807) is 12.1 Å². The van der Waals surface area contributed by atoms with Crippen LogP contribution in [0.15, 0.2) is 18.2 Å². The summed E-state index contributed by atoms with van der Waals surface area (Å²) in [5.74, 6) is -0.113. The Balaban J connectivity index is 2.52. The number of hydrogen-bond donors (Lipinski definition) is 1. The number of hydroxylamine groups is 1. The molecule has 0 fully saturated rings. The summed E-state index contributed by atoms with van der Waals surface area (Å²) < 4.78 is 18.2. The summed E-state index contributed by atoms with van der Waals surface area (Å²) in [6, 6.07) is 4.82. The van der Waals surface area contributed by atoms with E-state index in [4.69, 9.17) is 9.57 Å². The summed E-state index contributed by atoms with van der Waals surface area (Å²) in [7, 11) is 1.44. The smallest absolute Gasteiger partial charge is 0.165 e. The van der Waals surface area contributed by atoms with Crippen LogP contribution in [0.2, 0.25) is 0 Å². The van der Waals surface area contributed by atoms with Gasteiger partial charge in [0.25, 0.3) is 0 Å². The van der Waals surface area contributed by atoms with Crippen molar-refractivity contribution in [3.8, 4) is 5.75 Å². The van der Waals surface area contributed by atoms with E-state index in [0.29, 0.717) is 6.54 Å². The molecule has 0 aliphatic rings. The zero-order valence-corrected chi connectivity index (χ0v) is 10.1. The maximum atomic E-state index is 13.3. The molecule has 3 nitrogen and oxygen atoms in total. The van der Waals surface area contributed by atoms with Gasteiger partial charge in [-0.3, -0.25) is 4.84 Å². The molecular weight excluding hydrogens is 209 g/mol. The molecule has 1 rings (SSSR count). The van der Waals surface area contributed by atoms with E-state index in [1.165, 1.54) is 13.2 Å². The molecule has 0 bridgehead atoms. The standard InChI is InChI=1S/C12H18FNO2/c1-12(2,3)16-14-8-9-5-6-11(15-4)10(13)7-9/h5-7,14H,8H2,1-4H3. The van der Waals surface area contributed by atoms with Crippen molar-refractivity contribution < 1.29 is 14.0 Å². The number of nitrogens with one attached hydrogen (secondary N) is 1. The molecule has 90 valence electrons. The van der Waals surface area contributed by atoms with Gasteiger partial charge in [0.15, 0.2) is 11.6 Å². The zero-order valence-electron chi connectivity index (χ0n) is 10.1. The lowest BCUT2D eigenvalue weighted by Gasteiger charge is -2.19. The first kappa shape index (κ1) is 12.9. The first-order valence-electron chi connectivity index (χ1n) is 5.15. The van der Waals surface area contributed by atoms with E-state index in [9.17, 15) is 4.39 Å². The monoisotopic (exact) mass is 227 g/mol. The molecule has 0 atom stereocenters. The number of rotatable bonds is 4. The quantitative estimate of drug-likeness (QED) is 0.802. The van der Waals surface area contributed by atoms with Gasteiger partial charge in [-0.15, -0.1) is 0 Å². The van der Waals surface area contributed by atoms with Crippen LogP contribution in [0.1, 0.15) is 26.3 Å². The summed E-state index contributed by atoms with van der Waals surface area (Å²) in [5.41, 5.74) is 3.35. The molecular formula is C12H18FNO2. The second-order valence-electron chi connectivity index (χ2n) is 4.50. The summed E-state index contributed by atoms with van der Waals surface area (Å²) in [6.07, 6.45) is 0. The number of ether oxygens (including phenoxy) is 1. The molecule has 0 amide bonds. The number of hydrogen-bond acceptors (Lipinski definition) is 3. The van der Waals surface area contributed by atoms with Gasteiger partial charge in [0, 0.05) is 6.54 Å². The first-order chi connectivity index (χ1) is 7.42. The van der Waals surface area contributed by atoms with E-state index in [2.05, 4.69) is 5.48 Å². The van der Waals surface area contributed by atoms with Crippen molar-refractivity contribution in [1.82, 2.24) is 5.48 Å². The van der Waals surface area contributed by atoms with Crippen LogP contribution in [0.3, 0.4) is 0 Å². The van der Waals surface area contributed by atoms with Crippen LogP contribution in [0, 0.1) is 5.82 Å². The van der Waals surface area contributed by atoms with Gasteiger partial charge in [-0.25, -0.2) is 4.39 Å². The van der Waals surface area contributed by atoms with Crippen LogP contribution >= 0.6 is 0 Å². The maximum absolute atomic E-state index is 13.3. The minimum Gasteiger partial charge on any atom is -0.494 e. The molecule has 0 unspecified atom stereocenters. The third-order valence-electron chi connectivity index (χ3n) is 1.87. The van der Waals surface area contributed by atoms with Crippen LogP contribution in [0.4, 0.5) is 4.39 Å². The Labute approximate surface area is 95.5 Å². The Hall–Kier alpha value is -1.13. The number of benzene rings is 1. The average Bonchev–Trinajstić information content (AvgIpc) is 2.16. The van der Waals surface area contributed by atoms with Crippen LogP contribution < -0.4 is 10.2 Å². The highest BCUT2D eigenvalue weighted by Crippen LogP contribution is 2.17. The number of methoxy groups -OCH3 is 1. The molecule has 0 saturated heterocycles. The molecule has 0 aromatic heterocycles. The summed E-state index contributed by atoms with van der Waals surface area (Å²) in [6.45, 7) is 6.27. The van der Waals surface area contributed by atoms with Gasteiger partial charge in [0.1, 0.15) is 0 Å². The third kappa shape index (κ3) is 4.16. The molecule has 0 heterocycles. The van der Waals surface area contributed by atoms with E-state index >= 15 is 0 Å². The Kier molecular flexibility index (Phi) is 4.26. The fraction of sp³-hybridized carbons (Fsp3) is 0.500. The topological polar surface area (TPSA) is 30.5 Å². The molecule has 0 radical (unpaired) electrons. The Morgan fingerprint density at radius 2 is 2.00 bits per heavy atom. The van der Waals surface area contributed by atoms with Crippen molar-refractivity contribution in [2.45, 2.75) is 32.9 Å². The highest BCUT2D eigenvalue weighted by molar-refractivity contribution is 5.29. The average molecular weight is 227 g/mol. The third-order valence-corrected chi connectivity index (χ3v) is 1.87. The lowest BCUT2D eigenvalue weighted by molar-refractivity contribution is -0.0757. The van der Waals surface area contributed by atoms with E-state index < -0.39 is 0 Å².